The summed E-state index contributed by atoms with van der Waals surface area (Å²) < 4.78 is 117. The van der Waals surface area contributed by atoms with E-state index in [9.17, 15) is 49.3 Å². The molecule has 0 aliphatic heterocycles. The van der Waals surface area contributed by atoms with E-state index < -0.39 is 71.3 Å². The largest absolute Gasteiger partial charge is 0.616 e. The van der Waals surface area contributed by atoms with Gasteiger partial charge in [-0.25, -0.2) is 19.6 Å². The fourth-order valence-electron chi connectivity index (χ4n) is 3.59. The minimum absolute atomic E-state index is 0.0343. The van der Waals surface area contributed by atoms with Crippen LogP contribution in [-0.2, 0) is 29.8 Å². The van der Waals surface area contributed by atoms with Gasteiger partial charge in [-0.15, -0.1) is 5.10 Å². The second-order valence-corrected chi connectivity index (χ2v) is 11.3. The first-order chi connectivity index (χ1) is 19.7. The number of aromatic nitrogens is 5. The maximum absolute atomic E-state index is 13.6. The molecule has 2 heterocycles. The van der Waals surface area contributed by atoms with E-state index in [1.54, 1.807) is 6.92 Å². The van der Waals surface area contributed by atoms with E-state index in [0.29, 0.717) is 0 Å². The van der Waals surface area contributed by atoms with Crippen molar-refractivity contribution < 1.29 is 49.3 Å². The van der Waals surface area contributed by atoms with Crippen molar-refractivity contribution in [3.05, 3.63) is 63.2 Å². The maximum atomic E-state index is 13.6. The quantitative estimate of drug-likeness (QED) is 0.245. The highest BCUT2D eigenvalue weighted by Gasteiger charge is 2.62. The van der Waals surface area contributed by atoms with Gasteiger partial charge < -0.3 is 15.2 Å². The standard InChI is InChI=1S/C23H20BrF8N7O3S/c1-10(9-43(3)42)34-18(41)16-12(5-4-6-13(16)24)17(40)36-14-7-33-15(35-11(14)2)8-39-20(22(27,28)29)37-19(38-39)21(25,26)23(30,31)32/h4-7,10H,8-9H2,1-3H3,(H,34,41)(H,36,40)/t10-,43?/m0/s1. The van der Waals surface area contributed by atoms with Crippen LogP contribution in [-0.4, -0.2) is 65.3 Å². The number of alkyl halides is 8. The lowest BCUT2D eigenvalue weighted by molar-refractivity contribution is -0.292. The van der Waals surface area contributed by atoms with Crippen molar-refractivity contribution >= 4 is 44.6 Å². The molecule has 10 nitrogen and oxygen atoms in total. The van der Waals surface area contributed by atoms with Gasteiger partial charge in [0.25, 0.3) is 11.8 Å². The number of rotatable bonds is 9. The number of hydrogen-bond donors (Lipinski definition) is 2. The van der Waals surface area contributed by atoms with E-state index in [1.807, 2.05) is 0 Å². The van der Waals surface area contributed by atoms with Crippen LogP contribution in [0.3, 0.4) is 0 Å². The van der Waals surface area contributed by atoms with Crippen molar-refractivity contribution in [3.8, 4) is 0 Å². The third kappa shape index (κ3) is 7.96. The van der Waals surface area contributed by atoms with Gasteiger partial charge in [0.15, 0.2) is 0 Å². The lowest BCUT2D eigenvalue weighted by atomic mass is 10.1. The minimum atomic E-state index is -6.25. The average molecular weight is 706 g/mol. The molecule has 0 aliphatic rings. The molecule has 0 saturated heterocycles. The summed E-state index contributed by atoms with van der Waals surface area (Å²) in [6, 6.07) is 3.81. The molecule has 1 unspecified atom stereocenters. The minimum Gasteiger partial charge on any atom is -0.616 e. The van der Waals surface area contributed by atoms with Crippen molar-refractivity contribution in [1.29, 1.82) is 0 Å². The molecule has 1 aromatic carbocycles. The zero-order chi connectivity index (χ0) is 32.5. The molecule has 43 heavy (non-hydrogen) atoms. The molecule has 0 aliphatic carbocycles. The van der Waals surface area contributed by atoms with E-state index >= 15 is 0 Å². The van der Waals surface area contributed by atoms with Gasteiger partial charge >= 0.3 is 18.3 Å². The Labute approximate surface area is 249 Å². The van der Waals surface area contributed by atoms with Crippen LogP contribution in [0.4, 0.5) is 40.8 Å². The second kappa shape index (κ2) is 12.7. The summed E-state index contributed by atoms with van der Waals surface area (Å²) in [5.41, 5.74) is -0.251. The third-order valence-corrected chi connectivity index (χ3v) is 7.11. The Morgan fingerprint density at radius 2 is 1.74 bits per heavy atom. The molecule has 2 N–H and O–H groups in total. The molecule has 0 saturated carbocycles. The van der Waals surface area contributed by atoms with E-state index in [1.165, 1.54) is 31.4 Å². The molecule has 0 fully saturated rings. The monoisotopic (exact) mass is 705 g/mol. The highest BCUT2D eigenvalue weighted by atomic mass is 79.9. The Morgan fingerprint density at radius 1 is 1.09 bits per heavy atom. The van der Waals surface area contributed by atoms with Crippen LogP contribution in [0.25, 0.3) is 0 Å². The van der Waals surface area contributed by atoms with E-state index in [-0.39, 0.29) is 37.4 Å². The lowest BCUT2D eigenvalue weighted by Gasteiger charge is -2.17. The highest BCUT2D eigenvalue weighted by Crippen LogP contribution is 2.43. The normalized spacial score (nSPS) is 13.9. The van der Waals surface area contributed by atoms with Crippen LogP contribution >= 0.6 is 15.9 Å². The fraction of sp³-hybridized carbons (Fsp3) is 0.391. The fourth-order valence-corrected chi connectivity index (χ4v) is 4.93. The van der Waals surface area contributed by atoms with Crippen molar-refractivity contribution in [2.75, 3.05) is 17.3 Å². The number of carbonyl (C=O) groups excluding carboxylic acids is 2. The van der Waals surface area contributed by atoms with Crippen LogP contribution in [0.15, 0.2) is 28.9 Å². The zero-order valence-electron chi connectivity index (χ0n) is 22.1. The Bertz CT molecular complexity index is 1520. The molecule has 234 valence electrons. The van der Waals surface area contributed by atoms with Crippen LogP contribution in [0, 0.1) is 6.92 Å². The summed E-state index contributed by atoms with van der Waals surface area (Å²) in [4.78, 5) is 36.0. The third-order valence-electron chi connectivity index (χ3n) is 5.48. The first-order valence-corrected chi connectivity index (χ1v) is 14.2. The smallest absolute Gasteiger partial charge is 0.461 e. The summed E-state index contributed by atoms with van der Waals surface area (Å²) in [5, 5.41) is 7.81. The molecule has 2 amide bonds. The van der Waals surface area contributed by atoms with Crippen molar-refractivity contribution in [2.24, 2.45) is 0 Å². The van der Waals surface area contributed by atoms with Gasteiger partial charge in [0.2, 0.25) is 11.6 Å². The summed E-state index contributed by atoms with van der Waals surface area (Å²) in [6.45, 7) is 1.83. The van der Waals surface area contributed by atoms with Gasteiger partial charge in [-0.3, -0.25) is 9.59 Å². The zero-order valence-corrected chi connectivity index (χ0v) is 24.5. The van der Waals surface area contributed by atoms with E-state index in [0.717, 1.165) is 6.20 Å². The number of anilines is 1. The number of carbonyl (C=O) groups is 2. The molecular weight excluding hydrogens is 686 g/mol. The Balaban J connectivity index is 1.87. The topological polar surface area (TPSA) is 138 Å². The van der Waals surface area contributed by atoms with Crippen molar-refractivity contribution in [3.63, 3.8) is 0 Å². The Hall–Kier alpha value is -3.39. The van der Waals surface area contributed by atoms with Crippen LogP contribution in [0.1, 0.15) is 50.8 Å². The first-order valence-electron chi connectivity index (χ1n) is 11.7. The lowest BCUT2D eigenvalue weighted by Crippen LogP contribution is -2.38. The predicted octanol–water partition coefficient (Wildman–Crippen LogP) is 4.61. The first kappa shape index (κ1) is 34.1. The van der Waals surface area contributed by atoms with Gasteiger partial charge in [0, 0.05) is 4.47 Å². The van der Waals surface area contributed by atoms with Gasteiger partial charge in [-0.1, -0.05) is 17.2 Å². The molecule has 0 bridgehead atoms. The summed E-state index contributed by atoms with van der Waals surface area (Å²) in [6.07, 6.45) is -9.28. The molecule has 3 aromatic rings. The molecular formula is C23H20BrF8N7O3S. The van der Waals surface area contributed by atoms with Gasteiger partial charge in [-0.2, -0.15) is 35.1 Å². The highest BCUT2D eigenvalue weighted by molar-refractivity contribution is 9.10. The van der Waals surface area contributed by atoms with Gasteiger partial charge in [0.1, 0.15) is 18.1 Å². The van der Waals surface area contributed by atoms with E-state index in [2.05, 4.69) is 46.6 Å². The molecule has 0 spiro atoms. The molecule has 20 heteroatoms. The number of hydrogen-bond acceptors (Lipinski definition) is 7. The van der Waals surface area contributed by atoms with Crippen molar-refractivity contribution in [1.82, 2.24) is 30.0 Å². The number of amides is 2. The van der Waals surface area contributed by atoms with Crippen LogP contribution in [0.2, 0.25) is 0 Å². The molecule has 0 radical (unpaired) electrons. The van der Waals surface area contributed by atoms with Gasteiger partial charge in [0.05, 0.1) is 41.0 Å². The Morgan fingerprint density at radius 3 is 2.30 bits per heavy atom. The summed E-state index contributed by atoms with van der Waals surface area (Å²) in [7, 11) is 0. The predicted molar refractivity (Wildman–Crippen MR) is 139 cm³/mol. The summed E-state index contributed by atoms with van der Waals surface area (Å²) >= 11 is 2.01. The SMILES string of the molecule is Cc1nc(Cn2nc(C(F)(F)C(F)(F)F)nc2C(F)(F)F)ncc1NC(=O)c1cccc(Br)c1C(=O)N[C@@H](C)C[S+](C)[O-]. The number of benzene rings is 1. The molecule has 2 aromatic heterocycles. The number of halogens is 9. The number of aryl methyl sites for hydroxylation is 1. The van der Waals surface area contributed by atoms with Crippen LogP contribution < -0.4 is 10.6 Å². The Kier molecular flexibility index (Phi) is 10.1. The van der Waals surface area contributed by atoms with Gasteiger partial charge in [-0.05, 0) is 41.9 Å². The molecule has 3 rings (SSSR count). The number of nitrogens with zero attached hydrogens (tertiary/aromatic N) is 5. The summed E-state index contributed by atoms with van der Waals surface area (Å²) in [5.74, 6) is -12.1. The maximum Gasteiger partial charge on any atom is 0.461 e. The van der Waals surface area contributed by atoms with Crippen molar-refractivity contribution in [2.45, 2.75) is 44.7 Å². The van der Waals surface area contributed by atoms with E-state index in [4.69, 9.17) is 0 Å². The number of nitrogens with one attached hydrogen (secondary N) is 2. The average Bonchev–Trinajstić information content (AvgIpc) is 3.29. The molecule has 2 atom stereocenters. The van der Waals surface area contributed by atoms with Crippen LogP contribution in [0.5, 0.6) is 0 Å². The second-order valence-electron chi connectivity index (χ2n) is 9.00.